The molecule has 1 amide bonds. The second kappa shape index (κ2) is 6.05. The largest absolute Gasteiger partial charge is 0.346 e. The van der Waals surface area contributed by atoms with Crippen molar-refractivity contribution >= 4 is 5.91 Å². The van der Waals surface area contributed by atoms with Crippen molar-refractivity contribution in [2.24, 2.45) is 0 Å². The number of hydrogen-bond acceptors (Lipinski definition) is 3. The normalized spacial score (nSPS) is 12.1. The maximum Gasteiger partial charge on any atom is 0.291 e. The van der Waals surface area contributed by atoms with Crippen LogP contribution in [0.1, 0.15) is 43.1 Å². The van der Waals surface area contributed by atoms with Gasteiger partial charge in [0.15, 0.2) is 0 Å². The molecule has 1 aromatic rings. The van der Waals surface area contributed by atoms with Crippen LogP contribution in [0.4, 0.5) is 0 Å². The highest BCUT2D eigenvalue weighted by atomic mass is 16.2. The second-order valence-corrected chi connectivity index (χ2v) is 3.75. The molecule has 16 heavy (non-hydrogen) atoms. The third kappa shape index (κ3) is 3.49. The lowest BCUT2D eigenvalue weighted by atomic mass is 10.2. The van der Waals surface area contributed by atoms with Gasteiger partial charge in [0.25, 0.3) is 5.91 Å². The van der Waals surface area contributed by atoms with E-state index in [4.69, 9.17) is 0 Å². The second-order valence-electron chi connectivity index (χ2n) is 3.75. The fourth-order valence-electron chi connectivity index (χ4n) is 1.34. The number of hydrogen-bond donors (Lipinski definition) is 2. The number of carbonyl (C=O) groups excluding carboxylic acids is 1. The summed E-state index contributed by atoms with van der Waals surface area (Å²) in [5.74, 6) is 0.719. The molecule has 0 radical (unpaired) electrons. The maximum absolute atomic E-state index is 11.7. The molecule has 1 rings (SSSR count). The SMILES string of the molecule is C=CCC(C)NC(=O)c1n[nH]c(CCC)n1. The van der Waals surface area contributed by atoms with Crippen LogP contribution >= 0.6 is 0 Å². The summed E-state index contributed by atoms with van der Waals surface area (Å²) in [6.45, 7) is 7.59. The van der Waals surface area contributed by atoms with Gasteiger partial charge in [0.1, 0.15) is 5.82 Å². The summed E-state index contributed by atoms with van der Waals surface area (Å²) in [5.41, 5.74) is 0. The molecular weight excluding hydrogens is 204 g/mol. The minimum absolute atomic E-state index is 0.0538. The van der Waals surface area contributed by atoms with Crippen molar-refractivity contribution in [1.29, 1.82) is 0 Å². The molecule has 0 aliphatic carbocycles. The average Bonchev–Trinajstić information content (AvgIpc) is 2.67. The van der Waals surface area contributed by atoms with Crippen LogP contribution in [0.3, 0.4) is 0 Å². The Bertz CT molecular complexity index is 359. The number of carbonyl (C=O) groups is 1. The highest BCUT2D eigenvalue weighted by Gasteiger charge is 2.13. The number of rotatable bonds is 6. The zero-order chi connectivity index (χ0) is 12.0. The van der Waals surface area contributed by atoms with Crippen molar-refractivity contribution in [3.05, 3.63) is 24.3 Å². The first kappa shape index (κ1) is 12.4. The van der Waals surface area contributed by atoms with Crippen molar-refractivity contribution in [3.63, 3.8) is 0 Å². The topological polar surface area (TPSA) is 70.7 Å². The summed E-state index contributed by atoms with van der Waals surface area (Å²) in [5, 5.41) is 9.42. The van der Waals surface area contributed by atoms with Gasteiger partial charge < -0.3 is 5.32 Å². The molecule has 0 fully saturated rings. The van der Waals surface area contributed by atoms with Crippen molar-refractivity contribution < 1.29 is 4.79 Å². The number of amides is 1. The summed E-state index contributed by atoms with van der Waals surface area (Å²) in [6, 6.07) is 0.0538. The van der Waals surface area contributed by atoms with E-state index in [0.717, 1.165) is 25.1 Å². The fourth-order valence-corrected chi connectivity index (χ4v) is 1.34. The summed E-state index contributed by atoms with van der Waals surface area (Å²) < 4.78 is 0. The molecule has 0 saturated carbocycles. The summed E-state index contributed by atoms with van der Waals surface area (Å²) >= 11 is 0. The van der Waals surface area contributed by atoms with E-state index < -0.39 is 0 Å². The van der Waals surface area contributed by atoms with E-state index in [9.17, 15) is 4.79 Å². The molecule has 1 unspecified atom stereocenters. The maximum atomic E-state index is 11.7. The number of nitrogens with zero attached hydrogens (tertiary/aromatic N) is 2. The molecule has 1 atom stereocenters. The standard InChI is InChI=1S/C11H18N4O/c1-4-6-8(3)12-11(16)10-13-9(7-5-2)14-15-10/h4,8H,1,5-7H2,2-3H3,(H,12,16)(H,13,14,15). The lowest BCUT2D eigenvalue weighted by Gasteiger charge is -2.08. The van der Waals surface area contributed by atoms with E-state index in [-0.39, 0.29) is 17.8 Å². The first-order valence-electron chi connectivity index (χ1n) is 5.50. The molecule has 0 spiro atoms. The van der Waals surface area contributed by atoms with Gasteiger partial charge in [-0.2, -0.15) is 0 Å². The molecule has 5 heteroatoms. The average molecular weight is 222 g/mol. The highest BCUT2D eigenvalue weighted by Crippen LogP contribution is 1.98. The van der Waals surface area contributed by atoms with Crippen LogP contribution in [-0.4, -0.2) is 27.1 Å². The van der Waals surface area contributed by atoms with E-state index in [2.05, 4.69) is 34.0 Å². The Kier molecular flexibility index (Phi) is 4.69. The molecule has 0 aromatic carbocycles. The molecule has 0 bridgehead atoms. The zero-order valence-corrected chi connectivity index (χ0v) is 9.79. The fraction of sp³-hybridized carbons (Fsp3) is 0.545. The Labute approximate surface area is 95.4 Å². The number of aryl methyl sites for hydroxylation is 1. The molecular formula is C11H18N4O. The highest BCUT2D eigenvalue weighted by molar-refractivity contribution is 5.90. The van der Waals surface area contributed by atoms with E-state index in [1.165, 1.54) is 0 Å². The van der Waals surface area contributed by atoms with Crippen molar-refractivity contribution in [1.82, 2.24) is 20.5 Å². The van der Waals surface area contributed by atoms with Gasteiger partial charge in [-0.05, 0) is 19.8 Å². The predicted molar refractivity (Wildman–Crippen MR) is 62.1 cm³/mol. The lowest BCUT2D eigenvalue weighted by molar-refractivity contribution is 0.0930. The van der Waals surface area contributed by atoms with Gasteiger partial charge in [0.2, 0.25) is 5.82 Å². The summed E-state index contributed by atoms with van der Waals surface area (Å²) in [7, 11) is 0. The van der Waals surface area contributed by atoms with Gasteiger partial charge in [0, 0.05) is 12.5 Å². The minimum Gasteiger partial charge on any atom is -0.346 e. The molecule has 5 nitrogen and oxygen atoms in total. The van der Waals surface area contributed by atoms with E-state index in [1.54, 1.807) is 6.08 Å². The molecule has 2 N–H and O–H groups in total. The minimum atomic E-state index is -0.243. The molecule has 1 heterocycles. The van der Waals surface area contributed by atoms with Crippen LogP contribution in [0.15, 0.2) is 12.7 Å². The van der Waals surface area contributed by atoms with Gasteiger partial charge in [-0.1, -0.05) is 13.0 Å². The third-order valence-corrected chi connectivity index (χ3v) is 2.12. The van der Waals surface area contributed by atoms with Crippen LogP contribution in [0.5, 0.6) is 0 Å². The van der Waals surface area contributed by atoms with Crippen LogP contribution in [0, 0.1) is 0 Å². The van der Waals surface area contributed by atoms with E-state index in [0.29, 0.717) is 0 Å². The van der Waals surface area contributed by atoms with Crippen molar-refractivity contribution in [2.45, 2.75) is 39.2 Å². The van der Waals surface area contributed by atoms with Crippen LogP contribution in [-0.2, 0) is 6.42 Å². The number of nitrogens with one attached hydrogen (secondary N) is 2. The molecule has 0 aliphatic rings. The van der Waals surface area contributed by atoms with Gasteiger partial charge in [0.05, 0.1) is 0 Å². The summed E-state index contributed by atoms with van der Waals surface area (Å²) in [6.07, 6.45) is 4.29. The third-order valence-electron chi connectivity index (χ3n) is 2.12. The number of aromatic nitrogens is 3. The Morgan fingerprint density at radius 1 is 1.69 bits per heavy atom. The Balaban J connectivity index is 2.55. The Hall–Kier alpha value is -1.65. The Morgan fingerprint density at radius 3 is 3.06 bits per heavy atom. The zero-order valence-electron chi connectivity index (χ0n) is 9.79. The molecule has 88 valence electrons. The smallest absolute Gasteiger partial charge is 0.291 e. The first-order chi connectivity index (χ1) is 7.67. The van der Waals surface area contributed by atoms with Gasteiger partial charge in [-0.25, -0.2) is 4.98 Å². The van der Waals surface area contributed by atoms with Gasteiger partial charge in [-0.3, -0.25) is 9.89 Å². The van der Waals surface area contributed by atoms with Crippen LogP contribution in [0.25, 0.3) is 0 Å². The van der Waals surface area contributed by atoms with Crippen molar-refractivity contribution in [3.8, 4) is 0 Å². The predicted octanol–water partition coefficient (Wildman–Crippen LogP) is 1.45. The molecule has 0 aliphatic heterocycles. The van der Waals surface area contributed by atoms with Crippen LogP contribution < -0.4 is 5.32 Å². The molecule has 1 aromatic heterocycles. The first-order valence-corrected chi connectivity index (χ1v) is 5.50. The van der Waals surface area contributed by atoms with Crippen molar-refractivity contribution in [2.75, 3.05) is 0 Å². The number of H-pyrrole nitrogens is 1. The van der Waals surface area contributed by atoms with E-state index in [1.807, 2.05) is 6.92 Å². The lowest BCUT2D eigenvalue weighted by Crippen LogP contribution is -2.32. The number of aromatic amines is 1. The monoisotopic (exact) mass is 222 g/mol. The van der Waals surface area contributed by atoms with Gasteiger partial charge >= 0.3 is 0 Å². The molecule has 0 saturated heterocycles. The van der Waals surface area contributed by atoms with E-state index >= 15 is 0 Å². The quantitative estimate of drug-likeness (QED) is 0.716. The Morgan fingerprint density at radius 2 is 2.44 bits per heavy atom. The van der Waals surface area contributed by atoms with Crippen LogP contribution in [0.2, 0.25) is 0 Å². The summed E-state index contributed by atoms with van der Waals surface area (Å²) in [4.78, 5) is 15.8. The van der Waals surface area contributed by atoms with Gasteiger partial charge in [-0.15, -0.1) is 11.7 Å².